The number of aryl methyl sites for hydroxylation is 2. The Balaban J connectivity index is 1.66. The zero-order valence-electron chi connectivity index (χ0n) is 30.8. The van der Waals surface area contributed by atoms with Gasteiger partial charge >= 0.3 is 0 Å². The molecule has 0 amide bonds. The minimum absolute atomic E-state index is 0.0349. The van der Waals surface area contributed by atoms with E-state index in [9.17, 15) is 0 Å². The van der Waals surface area contributed by atoms with Crippen molar-refractivity contribution in [3.63, 3.8) is 0 Å². The van der Waals surface area contributed by atoms with E-state index < -0.39 is 8.07 Å². The summed E-state index contributed by atoms with van der Waals surface area (Å²) in [4.78, 5) is 0. The van der Waals surface area contributed by atoms with Crippen molar-refractivity contribution in [3.05, 3.63) is 129 Å². The lowest BCUT2D eigenvalue weighted by molar-refractivity contribution is 0.590. The summed E-state index contributed by atoms with van der Waals surface area (Å²) in [5, 5.41) is 4.54. The molecule has 0 fully saturated rings. The molecule has 2 aromatic carbocycles. The van der Waals surface area contributed by atoms with Crippen molar-refractivity contribution in [1.82, 2.24) is 0 Å². The van der Waals surface area contributed by atoms with Gasteiger partial charge in [0.15, 0.2) is 0 Å². The molecule has 3 heteroatoms. The third-order valence-electron chi connectivity index (χ3n) is 10.2. The summed E-state index contributed by atoms with van der Waals surface area (Å²) < 4.78 is 0. The first-order valence-corrected chi connectivity index (χ1v) is 21.4. The lowest BCUT2D eigenvalue weighted by Crippen LogP contribution is -2.55. The summed E-state index contributed by atoms with van der Waals surface area (Å²) >= 11 is 14.0. The summed E-state index contributed by atoms with van der Waals surface area (Å²) in [7, 11) is -2.45. The van der Waals surface area contributed by atoms with E-state index in [-0.39, 0.29) is 10.8 Å². The predicted molar refractivity (Wildman–Crippen MR) is 218 cm³/mol. The second kappa shape index (κ2) is 13.1. The van der Waals surface area contributed by atoms with Gasteiger partial charge in [0.1, 0.15) is 8.07 Å². The number of fused-ring (bicyclic) bond motifs is 2. The Kier molecular flexibility index (Phi) is 9.46. The molecule has 0 saturated carbocycles. The number of halogens is 2. The molecule has 0 heterocycles. The van der Waals surface area contributed by atoms with Crippen LogP contribution in [0.3, 0.4) is 0 Å². The van der Waals surface area contributed by atoms with E-state index in [1.807, 2.05) is 0 Å². The largest absolute Gasteiger partial charge is 0.114 e. The van der Waals surface area contributed by atoms with E-state index in [1.165, 1.54) is 43.8 Å². The van der Waals surface area contributed by atoms with Gasteiger partial charge in [-0.25, -0.2) is 0 Å². The minimum Gasteiger partial charge on any atom is -0.0840 e. The monoisotopic (exact) mass is 698 g/mol. The van der Waals surface area contributed by atoms with Crippen LogP contribution < -0.4 is 10.4 Å². The second-order valence-corrected chi connectivity index (χ2v) is 21.1. The molecule has 250 valence electrons. The Labute approximate surface area is 306 Å². The van der Waals surface area contributed by atoms with Gasteiger partial charge in [-0.3, -0.25) is 0 Å². The molecule has 0 atom stereocenters. The lowest BCUT2D eigenvalue weighted by atomic mass is 9.86. The van der Waals surface area contributed by atoms with E-state index in [4.69, 9.17) is 23.2 Å². The van der Waals surface area contributed by atoms with Crippen molar-refractivity contribution in [2.24, 2.45) is 0 Å². The molecule has 0 aromatic heterocycles. The van der Waals surface area contributed by atoms with Crippen LogP contribution in [0, 0.1) is 12.1 Å². The second-order valence-electron chi connectivity index (χ2n) is 16.0. The molecule has 0 spiro atoms. The fraction of sp³-hybridized carbons (Fsp3) is 0.304. The van der Waals surface area contributed by atoms with Gasteiger partial charge in [0, 0.05) is 10.0 Å². The molecular weight excluding hydrogens is 651 g/mol. The van der Waals surface area contributed by atoms with Gasteiger partial charge < -0.3 is 0 Å². The van der Waals surface area contributed by atoms with Gasteiger partial charge in [-0.1, -0.05) is 164 Å². The molecule has 0 bridgehead atoms. The third kappa shape index (κ3) is 6.40. The fourth-order valence-corrected chi connectivity index (χ4v) is 12.8. The van der Waals surface area contributed by atoms with Crippen LogP contribution in [0.25, 0.3) is 44.5 Å². The van der Waals surface area contributed by atoms with Crippen LogP contribution in [-0.2, 0) is 23.7 Å². The van der Waals surface area contributed by atoms with Gasteiger partial charge in [-0.15, -0.1) is 0 Å². The zero-order valence-corrected chi connectivity index (χ0v) is 33.3. The van der Waals surface area contributed by atoms with Gasteiger partial charge in [0.25, 0.3) is 0 Å². The average Bonchev–Trinajstić information content (AvgIpc) is 3.43. The normalized spacial score (nSPS) is 12.7. The molecular formula is C46H48Cl2Si. The van der Waals surface area contributed by atoms with Gasteiger partial charge in [0.2, 0.25) is 0 Å². The molecule has 4 aliphatic carbocycles. The first-order valence-electron chi connectivity index (χ1n) is 17.6. The molecule has 49 heavy (non-hydrogen) atoms. The Morgan fingerprint density at radius 3 is 1.24 bits per heavy atom. The van der Waals surface area contributed by atoms with Crippen LogP contribution in [-0.4, -0.2) is 8.07 Å². The highest BCUT2D eigenvalue weighted by Gasteiger charge is 2.39. The molecule has 2 aromatic rings. The smallest absolute Gasteiger partial charge is 0.0840 e. The topological polar surface area (TPSA) is 0 Å². The van der Waals surface area contributed by atoms with Crippen LogP contribution in [0.1, 0.15) is 77.6 Å². The number of hydrogen-bond donors (Lipinski definition) is 0. The molecule has 0 nitrogen and oxygen atoms in total. The summed E-state index contributed by atoms with van der Waals surface area (Å²) in [5.41, 5.74) is 14.5. The van der Waals surface area contributed by atoms with Gasteiger partial charge in [-0.05, 0) is 125 Å². The summed E-state index contributed by atoms with van der Waals surface area (Å²) in [6.45, 7) is 22.9. The quantitative estimate of drug-likeness (QED) is 0.152. The number of rotatable bonds is 6. The molecule has 0 N–H and O–H groups in total. The zero-order chi connectivity index (χ0) is 35.5. The van der Waals surface area contributed by atoms with Crippen molar-refractivity contribution < 1.29 is 0 Å². The maximum absolute atomic E-state index is 7.02. The standard InChI is InChI=1S/C46H48Cl2Si/c1-11-29-25-33-17-13-15-19-35(31-21-23-37(39(47)27-31)45(3,4)5)41(33)43(29)49(9,10)44-30(12-2)26-34-18-14-16-20-36(42(34)44)32-22-24-38(40(48)28-32)46(6,7)8/h13-24,27-28H,11-12H2,1-10H3. The fourth-order valence-electron chi connectivity index (χ4n) is 7.83. The van der Waals surface area contributed by atoms with Crippen LogP contribution >= 0.6 is 23.2 Å². The molecule has 4 aliphatic rings. The third-order valence-corrected chi connectivity index (χ3v) is 14.4. The van der Waals surface area contributed by atoms with Crippen molar-refractivity contribution in [1.29, 1.82) is 0 Å². The maximum Gasteiger partial charge on any atom is 0.114 e. The van der Waals surface area contributed by atoms with E-state index in [2.05, 4.69) is 166 Å². The summed E-state index contributed by atoms with van der Waals surface area (Å²) in [6.07, 6.45) is 1.84. The van der Waals surface area contributed by atoms with Gasteiger partial charge in [0.05, 0.1) is 0 Å². The van der Waals surface area contributed by atoms with E-state index in [0.717, 1.165) is 56.3 Å². The lowest BCUT2D eigenvalue weighted by Gasteiger charge is -2.30. The van der Waals surface area contributed by atoms with Gasteiger partial charge in [-0.2, -0.15) is 0 Å². The first-order chi connectivity index (χ1) is 23.1. The van der Waals surface area contributed by atoms with E-state index in [0.29, 0.717) is 0 Å². The Hall–Kier alpha value is -3.36. The van der Waals surface area contributed by atoms with Crippen molar-refractivity contribution >= 4 is 41.6 Å². The Morgan fingerprint density at radius 1 is 0.551 bits per heavy atom. The number of benzene rings is 2. The average molecular weight is 700 g/mol. The molecule has 0 aliphatic heterocycles. The van der Waals surface area contributed by atoms with Crippen LogP contribution in [0.2, 0.25) is 23.1 Å². The summed E-state index contributed by atoms with van der Waals surface area (Å²) in [5.74, 6) is 0. The van der Waals surface area contributed by atoms with Crippen molar-refractivity contribution in [2.75, 3.05) is 0 Å². The Morgan fingerprint density at radius 2 is 0.918 bits per heavy atom. The molecule has 2 radical (unpaired) electrons. The minimum atomic E-state index is -2.45. The van der Waals surface area contributed by atoms with Crippen LogP contribution in [0.15, 0.2) is 84.9 Å². The summed E-state index contributed by atoms with van der Waals surface area (Å²) in [6, 6.07) is 38.7. The predicted octanol–water partition coefficient (Wildman–Crippen LogP) is 12.7. The highest BCUT2D eigenvalue weighted by atomic mass is 35.5. The highest BCUT2D eigenvalue weighted by Crippen LogP contribution is 2.42. The first kappa shape index (κ1) is 35.5. The highest BCUT2D eigenvalue weighted by molar-refractivity contribution is 7.02. The van der Waals surface area contributed by atoms with Crippen molar-refractivity contribution in [2.45, 2.75) is 92.2 Å². The number of hydrogen-bond acceptors (Lipinski definition) is 0. The van der Waals surface area contributed by atoms with Crippen LogP contribution in [0.5, 0.6) is 0 Å². The van der Waals surface area contributed by atoms with Crippen molar-refractivity contribution in [3.8, 4) is 44.5 Å². The Bertz CT molecular complexity index is 1950. The molecule has 0 unspecified atom stereocenters. The molecule has 6 rings (SSSR count). The SMILES string of the molecule is CCc1[c]c2ccccc(-c3ccc(C(C)(C)C)c(Cl)c3)c-2c1[Si](C)(C)c1c(CC)[c]c2ccccc(-c3ccc(C(C)(C)C)c(Cl)c3)c1-2. The van der Waals surface area contributed by atoms with Crippen LogP contribution in [0.4, 0.5) is 0 Å². The maximum atomic E-state index is 7.02. The van der Waals surface area contributed by atoms with E-state index in [1.54, 1.807) is 0 Å². The van der Waals surface area contributed by atoms with E-state index >= 15 is 0 Å². The molecule has 0 saturated heterocycles.